The van der Waals surface area contributed by atoms with Crippen molar-refractivity contribution in [2.45, 2.75) is 18.0 Å². The maximum atomic E-state index is 12.6. The summed E-state index contributed by atoms with van der Waals surface area (Å²) in [5, 5.41) is 0.981. The van der Waals surface area contributed by atoms with Crippen molar-refractivity contribution < 1.29 is 26.3 Å². The molecule has 0 radical (unpaired) electrons. The second kappa shape index (κ2) is 7.31. The Morgan fingerprint density at radius 1 is 1.00 bits per heavy atom. The summed E-state index contributed by atoms with van der Waals surface area (Å²) in [5.74, 6) is 0.0694. The van der Waals surface area contributed by atoms with E-state index >= 15 is 0 Å². The summed E-state index contributed by atoms with van der Waals surface area (Å²) in [6.07, 6.45) is -4.76. The predicted molar refractivity (Wildman–Crippen MR) is 102 cm³/mol. The van der Waals surface area contributed by atoms with Crippen molar-refractivity contribution in [3.8, 4) is 5.88 Å². The molecule has 29 heavy (non-hydrogen) atoms. The van der Waals surface area contributed by atoms with Crippen LogP contribution in [0.5, 0.6) is 5.88 Å². The summed E-state index contributed by atoms with van der Waals surface area (Å²) in [5.41, 5.74) is 0.286. The van der Waals surface area contributed by atoms with Gasteiger partial charge in [0.25, 0.3) is 0 Å². The number of pyridine rings is 1. The number of halogens is 3. The van der Waals surface area contributed by atoms with Crippen molar-refractivity contribution in [3.05, 3.63) is 71.8 Å². The number of sulfonamides is 1. The Morgan fingerprint density at radius 2 is 1.69 bits per heavy atom. The van der Waals surface area contributed by atoms with Gasteiger partial charge in [0.1, 0.15) is 6.10 Å². The summed E-state index contributed by atoms with van der Waals surface area (Å²) in [7, 11) is -3.63. The fourth-order valence-electron chi connectivity index (χ4n) is 3.08. The third kappa shape index (κ3) is 4.35. The van der Waals surface area contributed by atoms with Crippen molar-refractivity contribution in [3.63, 3.8) is 0 Å². The molecule has 0 amide bonds. The maximum absolute atomic E-state index is 12.6. The van der Waals surface area contributed by atoms with Crippen molar-refractivity contribution in [2.24, 2.45) is 0 Å². The van der Waals surface area contributed by atoms with E-state index in [0.717, 1.165) is 23.0 Å². The van der Waals surface area contributed by atoms with E-state index in [0.29, 0.717) is 11.4 Å². The van der Waals surface area contributed by atoms with Crippen molar-refractivity contribution in [2.75, 3.05) is 13.1 Å². The fraction of sp³-hybridized carbons (Fsp3) is 0.250. The Balaban J connectivity index is 1.35. The molecule has 0 unspecified atom stereocenters. The largest absolute Gasteiger partial charge is 0.472 e. The molecule has 152 valence electrons. The number of ether oxygens (including phenoxy) is 1. The molecule has 4 rings (SSSR count). The van der Waals surface area contributed by atoms with Crippen LogP contribution < -0.4 is 4.74 Å². The quantitative estimate of drug-likeness (QED) is 0.627. The lowest BCUT2D eigenvalue weighted by molar-refractivity contribution is -0.137. The zero-order valence-electron chi connectivity index (χ0n) is 15.1. The molecule has 9 heteroatoms. The SMILES string of the molecule is O=S(=O)(Cc1ccc(C(F)(F)F)cc1)N1CC(Oc2ccc3ccccc3n2)C1. The number of rotatable bonds is 5. The lowest BCUT2D eigenvalue weighted by atomic mass is 10.1. The molecular formula is C20H17F3N2O3S. The van der Waals surface area contributed by atoms with Gasteiger partial charge in [-0.25, -0.2) is 13.4 Å². The highest BCUT2D eigenvalue weighted by atomic mass is 32.2. The highest BCUT2D eigenvalue weighted by Gasteiger charge is 2.37. The number of aromatic nitrogens is 1. The molecule has 1 aliphatic heterocycles. The topological polar surface area (TPSA) is 59.5 Å². The van der Waals surface area contributed by atoms with Crippen molar-refractivity contribution in [1.82, 2.24) is 9.29 Å². The minimum Gasteiger partial charge on any atom is -0.472 e. The number of benzene rings is 2. The van der Waals surface area contributed by atoms with Crippen LogP contribution in [0.3, 0.4) is 0 Å². The first-order valence-electron chi connectivity index (χ1n) is 8.87. The van der Waals surface area contributed by atoms with E-state index in [1.165, 1.54) is 16.4 Å². The molecule has 0 bridgehead atoms. The highest BCUT2D eigenvalue weighted by molar-refractivity contribution is 7.88. The van der Waals surface area contributed by atoms with Gasteiger partial charge in [-0.05, 0) is 29.8 Å². The average molecular weight is 422 g/mol. The molecular weight excluding hydrogens is 405 g/mol. The summed E-state index contributed by atoms with van der Waals surface area (Å²) in [6, 6.07) is 15.4. The van der Waals surface area contributed by atoms with Crippen molar-refractivity contribution >= 4 is 20.9 Å². The van der Waals surface area contributed by atoms with Crippen LogP contribution in [-0.4, -0.2) is 36.9 Å². The molecule has 2 aromatic carbocycles. The van der Waals surface area contributed by atoms with Gasteiger partial charge in [-0.15, -0.1) is 0 Å². The van der Waals surface area contributed by atoms with Crippen LogP contribution >= 0.6 is 0 Å². The monoisotopic (exact) mass is 422 g/mol. The fourth-order valence-corrected chi connectivity index (χ4v) is 4.66. The average Bonchev–Trinajstić information content (AvgIpc) is 2.63. The second-order valence-corrected chi connectivity index (χ2v) is 8.82. The summed E-state index contributed by atoms with van der Waals surface area (Å²) >= 11 is 0. The number of alkyl halides is 3. The van der Waals surface area contributed by atoms with E-state index in [1.54, 1.807) is 6.07 Å². The Kier molecular flexibility index (Phi) is 4.95. The molecule has 2 heterocycles. The Hall–Kier alpha value is -2.65. The van der Waals surface area contributed by atoms with Crippen LogP contribution in [0.1, 0.15) is 11.1 Å². The third-order valence-electron chi connectivity index (χ3n) is 4.70. The van der Waals surface area contributed by atoms with Gasteiger partial charge >= 0.3 is 6.18 Å². The van der Waals surface area contributed by atoms with Gasteiger partial charge in [0.2, 0.25) is 15.9 Å². The number of fused-ring (bicyclic) bond motifs is 1. The van der Waals surface area contributed by atoms with Gasteiger partial charge in [0.15, 0.2) is 0 Å². The Bertz CT molecular complexity index is 1130. The Labute approximate surface area is 165 Å². The minimum atomic E-state index is -4.45. The van der Waals surface area contributed by atoms with Gasteiger partial charge in [0, 0.05) is 11.5 Å². The molecule has 1 aliphatic rings. The van der Waals surface area contributed by atoms with Gasteiger partial charge < -0.3 is 4.74 Å². The molecule has 0 saturated carbocycles. The molecule has 3 aromatic rings. The van der Waals surface area contributed by atoms with Gasteiger partial charge in [-0.3, -0.25) is 0 Å². The molecule has 0 atom stereocenters. The smallest absolute Gasteiger partial charge is 0.416 e. The van der Waals surface area contributed by atoms with E-state index in [4.69, 9.17) is 4.74 Å². The normalized spacial score (nSPS) is 16.0. The lowest BCUT2D eigenvalue weighted by Crippen LogP contribution is -2.56. The van der Waals surface area contributed by atoms with Gasteiger partial charge in [0.05, 0.1) is 29.9 Å². The maximum Gasteiger partial charge on any atom is 0.416 e. The van der Waals surface area contributed by atoms with Crippen LogP contribution in [0.25, 0.3) is 10.9 Å². The highest BCUT2D eigenvalue weighted by Crippen LogP contribution is 2.30. The third-order valence-corrected chi connectivity index (χ3v) is 6.48. The standard InChI is InChI=1S/C20H17F3N2O3S/c21-20(22,23)16-8-5-14(6-9-16)13-29(26,27)25-11-17(12-25)28-19-10-7-15-3-1-2-4-18(15)24-19/h1-10,17H,11-13H2. The molecule has 1 aromatic heterocycles. The van der Waals surface area contributed by atoms with E-state index in [-0.39, 0.29) is 24.9 Å². The molecule has 1 saturated heterocycles. The molecule has 0 N–H and O–H groups in total. The first-order chi connectivity index (χ1) is 13.7. The van der Waals surface area contributed by atoms with E-state index in [1.807, 2.05) is 30.3 Å². The van der Waals surface area contributed by atoms with E-state index in [2.05, 4.69) is 4.98 Å². The minimum absolute atomic E-state index is 0.178. The first kappa shape index (κ1) is 19.7. The summed E-state index contributed by atoms with van der Waals surface area (Å²) < 4.78 is 69.8. The zero-order valence-corrected chi connectivity index (χ0v) is 15.9. The molecule has 5 nitrogen and oxygen atoms in total. The molecule has 0 spiro atoms. The van der Waals surface area contributed by atoms with E-state index < -0.39 is 21.8 Å². The number of nitrogens with zero attached hydrogens (tertiary/aromatic N) is 2. The molecule has 0 aliphatic carbocycles. The summed E-state index contributed by atoms with van der Waals surface area (Å²) in [6.45, 7) is 0.356. The predicted octanol–water partition coefficient (Wildman–Crippen LogP) is 3.85. The van der Waals surface area contributed by atoms with Gasteiger partial charge in [-0.1, -0.05) is 30.3 Å². The zero-order chi connectivity index (χ0) is 20.6. The molecule has 1 fully saturated rings. The van der Waals surface area contributed by atoms with E-state index in [9.17, 15) is 21.6 Å². The van der Waals surface area contributed by atoms with Crippen molar-refractivity contribution in [1.29, 1.82) is 0 Å². The number of para-hydroxylation sites is 1. The lowest BCUT2D eigenvalue weighted by Gasteiger charge is -2.37. The van der Waals surface area contributed by atoms with Crippen LogP contribution in [0.15, 0.2) is 60.7 Å². The van der Waals surface area contributed by atoms with Crippen LogP contribution in [0.4, 0.5) is 13.2 Å². The second-order valence-electron chi connectivity index (χ2n) is 6.85. The van der Waals surface area contributed by atoms with Crippen LogP contribution in [0, 0.1) is 0 Å². The number of hydrogen-bond acceptors (Lipinski definition) is 4. The van der Waals surface area contributed by atoms with Crippen LogP contribution in [-0.2, 0) is 22.0 Å². The van der Waals surface area contributed by atoms with Crippen LogP contribution in [0.2, 0.25) is 0 Å². The number of hydrogen-bond donors (Lipinski definition) is 0. The van der Waals surface area contributed by atoms with Gasteiger partial charge in [-0.2, -0.15) is 17.5 Å². The Morgan fingerprint density at radius 3 is 2.38 bits per heavy atom. The summed E-state index contributed by atoms with van der Waals surface area (Å²) in [4.78, 5) is 4.40. The first-order valence-corrected chi connectivity index (χ1v) is 10.5.